The number of aliphatic carboxylic acids is 2. The lowest BCUT2D eigenvalue weighted by atomic mass is 9.78. The lowest BCUT2D eigenvalue weighted by Gasteiger charge is -2.28. The molecule has 2 aromatic carbocycles. The molecule has 0 unspecified atom stereocenters. The lowest BCUT2D eigenvalue weighted by Crippen LogP contribution is -2.34. The Morgan fingerprint density at radius 3 is 1.45 bits per heavy atom. The first kappa shape index (κ1) is 25.2. The second kappa shape index (κ2) is 11.5. The molecule has 0 aliphatic heterocycles. The minimum absolute atomic E-state index is 0.0786. The molecule has 0 bridgehead atoms. The van der Waals surface area contributed by atoms with Gasteiger partial charge in [-0.05, 0) is 35.4 Å². The number of hydrogen-bond acceptors (Lipinski definition) is 8. The van der Waals surface area contributed by atoms with Crippen LogP contribution in [0.3, 0.4) is 0 Å². The zero-order valence-electron chi connectivity index (χ0n) is 18.3. The Balaban J connectivity index is 2.24. The Labute approximate surface area is 190 Å². The molecular weight excluding hydrogens is 432 g/mol. The summed E-state index contributed by atoms with van der Waals surface area (Å²) in [5.41, 5.74) is 2.67. The van der Waals surface area contributed by atoms with Crippen LogP contribution in [0.5, 0.6) is 0 Å². The second-order valence-corrected chi connectivity index (χ2v) is 7.69. The van der Waals surface area contributed by atoms with Crippen LogP contribution in [0, 0.1) is 0 Å². The van der Waals surface area contributed by atoms with Gasteiger partial charge in [0.15, 0.2) is 13.5 Å². The highest BCUT2D eigenvalue weighted by Crippen LogP contribution is 2.33. The molecule has 10 heteroatoms. The van der Waals surface area contributed by atoms with Gasteiger partial charge in [0.2, 0.25) is 0 Å². The van der Waals surface area contributed by atoms with Gasteiger partial charge in [-0.15, -0.1) is 0 Å². The number of hydrogen-bond donors (Lipinski definition) is 2. The van der Waals surface area contributed by atoms with Crippen LogP contribution >= 0.6 is 0 Å². The van der Waals surface area contributed by atoms with E-state index < -0.39 is 30.4 Å². The largest absolute Gasteiger partial charge is 0.480 e. The summed E-state index contributed by atoms with van der Waals surface area (Å²) in [7, 11) is 0. The van der Waals surface area contributed by atoms with E-state index >= 15 is 0 Å². The molecule has 0 atom stereocenters. The number of nitrogens with zero attached hydrogens (tertiary/aromatic N) is 2. The van der Waals surface area contributed by atoms with Crippen molar-refractivity contribution in [3.8, 4) is 0 Å². The van der Waals surface area contributed by atoms with Crippen LogP contribution in [0.1, 0.15) is 25.0 Å². The highest BCUT2D eigenvalue weighted by Gasteiger charge is 2.24. The van der Waals surface area contributed by atoms with Gasteiger partial charge >= 0.3 is 11.9 Å². The standard InChI is InChI=1S/C23H26N2O8/c1-23(2,17-3-7-19(8-4-17)24(11-21(28)29)12-22(30)31)18-5-9-20(10-6-18)25(13-32-15-26)14-33-16-27/h3-10,15-16H,11-14H2,1-2H3,(H,28,29)(H,30,31). The number of benzene rings is 2. The van der Waals surface area contributed by atoms with Crippen molar-refractivity contribution in [2.45, 2.75) is 19.3 Å². The molecule has 0 heterocycles. The fraction of sp³-hybridized carbons (Fsp3) is 0.304. The topological polar surface area (TPSA) is 134 Å². The molecule has 0 fully saturated rings. The summed E-state index contributed by atoms with van der Waals surface area (Å²) in [6.45, 7) is 3.66. The van der Waals surface area contributed by atoms with Gasteiger partial charge in [-0.25, -0.2) is 0 Å². The van der Waals surface area contributed by atoms with Crippen molar-refractivity contribution in [1.82, 2.24) is 0 Å². The van der Waals surface area contributed by atoms with Gasteiger partial charge < -0.3 is 29.5 Å². The summed E-state index contributed by atoms with van der Waals surface area (Å²) in [4.78, 5) is 46.0. The van der Waals surface area contributed by atoms with Gasteiger partial charge in [0, 0.05) is 16.8 Å². The number of carboxylic acid groups (broad SMARTS) is 2. The third-order valence-electron chi connectivity index (χ3n) is 5.16. The maximum Gasteiger partial charge on any atom is 0.323 e. The second-order valence-electron chi connectivity index (χ2n) is 7.69. The summed E-state index contributed by atoms with van der Waals surface area (Å²) in [6.07, 6.45) is 0. The molecule has 0 saturated heterocycles. The highest BCUT2D eigenvalue weighted by molar-refractivity contribution is 5.79. The average Bonchev–Trinajstić information content (AvgIpc) is 2.78. The molecule has 0 saturated carbocycles. The van der Waals surface area contributed by atoms with E-state index in [1.807, 2.05) is 50.2 Å². The number of rotatable bonds is 14. The van der Waals surface area contributed by atoms with Gasteiger partial charge in [0.25, 0.3) is 12.9 Å². The van der Waals surface area contributed by atoms with Gasteiger partial charge in [-0.3, -0.25) is 19.2 Å². The molecule has 0 aliphatic carbocycles. The average molecular weight is 458 g/mol. The molecule has 2 aromatic rings. The molecule has 0 spiro atoms. The van der Waals surface area contributed by atoms with Gasteiger partial charge in [-0.1, -0.05) is 38.1 Å². The molecule has 0 amide bonds. The minimum atomic E-state index is -1.12. The van der Waals surface area contributed by atoms with E-state index in [9.17, 15) is 19.2 Å². The summed E-state index contributed by atoms with van der Waals surface area (Å²) in [5.74, 6) is -2.24. The lowest BCUT2D eigenvalue weighted by molar-refractivity contribution is -0.136. The van der Waals surface area contributed by atoms with Crippen molar-refractivity contribution in [3.63, 3.8) is 0 Å². The third-order valence-corrected chi connectivity index (χ3v) is 5.16. The quantitative estimate of drug-likeness (QED) is 0.320. The third kappa shape index (κ3) is 6.96. The minimum Gasteiger partial charge on any atom is -0.480 e. The maximum atomic E-state index is 11.1. The van der Waals surface area contributed by atoms with E-state index in [-0.39, 0.29) is 13.5 Å². The van der Waals surface area contributed by atoms with Gasteiger partial charge in [0.1, 0.15) is 13.1 Å². The molecule has 33 heavy (non-hydrogen) atoms. The molecule has 0 aliphatic rings. The van der Waals surface area contributed by atoms with Crippen molar-refractivity contribution in [3.05, 3.63) is 59.7 Å². The van der Waals surface area contributed by atoms with Crippen molar-refractivity contribution in [2.24, 2.45) is 0 Å². The van der Waals surface area contributed by atoms with Crippen LogP contribution in [0.4, 0.5) is 11.4 Å². The predicted molar refractivity (Wildman–Crippen MR) is 119 cm³/mol. The maximum absolute atomic E-state index is 11.1. The molecule has 0 radical (unpaired) electrons. The molecule has 0 aromatic heterocycles. The highest BCUT2D eigenvalue weighted by atomic mass is 16.6. The number of carbonyl (C=O) groups is 4. The molecule has 2 N–H and O–H groups in total. The Kier molecular flexibility index (Phi) is 8.79. The van der Waals surface area contributed by atoms with Gasteiger partial charge in [-0.2, -0.15) is 0 Å². The monoisotopic (exact) mass is 458 g/mol. The molecule has 176 valence electrons. The summed E-state index contributed by atoms with van der Waals surface area (Å²) in [6, 6.07) is 14.5. The van der Waals surface area contributed by atoms with Crippen molar-refractivity contribution in [2.75, 3.05) is 36.4 Å². The van der Waals surface area contributed by atoms with Gasteiger partial charge in [0.05, 0.1) is 0 Å². The number of ether oxygens (including phenoxy) is 2. The molecule has 2 rings (SSSR count). The normalized spacial score (nSPS) is 10.7. The Bertz CT molecular complexity index is 929. The zero-order chi connectivity index (χ0) is 24.4. The first-order valence-corrected chi connectivity index (χ1v) is 9.94. The van der Waals surface area contributed by atoms with Crippen LogP contribution < -0.4 is 9.80 Å². The first-order valence-electron chi connectivity index (χ1n) is 9.94. The van der Waals surface area contributed by atoms with E-state index in [0.717, 1.165) is 11.1 Å². The van der Waals surface area contributed by atoms with Crippen LogP contribution in [-0.2, 0) is 34.1 Å². The number of anilines is 2. The van der Waals surface area contributed by atoms with Crippen LogP contribution in [0.25, 0.3) is 0 Å². The van der Waals surface area contributed by atoms with Crippen LogP contribution in [0.2, 0.25) is 0 Å². The summed E-state index contributed by atoms with van der Waals surface area (Å²) < 4.78 is 9.53. The number of carboxylic acids is 2. The van der Waals surface area contributed by atoms with Crippen molar-refractivity contribution < 1.29 is 38.9 Å². The number of carbonyl (C=O) groups excluding carboxylic acids is 2. The van der Waals surface area contributed by atoms with E-state index in [4.69, 9.17) is 19.7 Å². The van der Waals surface area contributed by atoms with E-state index in [1.54, 1.807) is 17.0 Å². The fourth-order valence-electron chi connectivity index (χ4n) is 3.34. The van der Waals surface area contributed by atoms with Crippen LogP contribution in [-0.4, -0.2) is 61.6 Å². The zero-order valence-corrected chi connectivity index (χ0v) is 18.3. The SMILES string of the molecule is CC(C)(c1ccc(N(COC=O)COC=O)cc1)c1ccc(N(CC(=O)O)CC(=O)O)cc1. The Morgan fingerprint density at radius 2 is 1.12 bits per heavy atom. The van der Waals surface area contributed by atoms with E-state index in [0.29, 0.717) is 24.3 Å². The Hall–Kier alpha value is -4.08. The fourth-order valence-corrected chi connectivity index (χ4v) is 3.34. The first-order chi connectivity index (χ1) is 15.7. The Morgan fingerprint density at radius 1 is 0.758 bits per heavy atom. The van der Waals surface area contributed by atoms with Crippen molar-refractivity contribution in [1.29, 1.82) is 0 Å². The summed E-state index contributed by atoms with van der Waals surface area (Å²) >= 11 is 0. The summed E-state index contributed by atoms with van der Waals surface area (Å²) in [5, 5.41) is 18.1. The van der Waals surface area contributed by atoms with E-state index in [1.165, 1.54) is 4.90 Å². The molecular formula is C23H26N2O8. The van der Waals surface area contributed by atoms with Crippen LogP contribution in [0.15, 0.2) is 48.5 Å². The molecule has 10 nitrogen and oxygen atoms in total. The van der Waals surface area contributed by atoms with Crippen molar-refractivity contribution >= 4 is 36.3 Å². The van der Waals surface area contributed by atoms with E-state index in [2.05, 4.69) is 0 Å². The smallest absolute Gasteiger partial charge is 0.323 e. The predicted octanol–water partition coefficient (Wildman–Crippen LogP) is 2.06.